The second-order valence-corrected chi connectivity index (χ2v) is 7.92. The van der Waals surface area contributed by atoms with Gasteiger partial charge in [-0.2, -0.15) is 5.10 Å². The van der Waals surface area contributed by atoms with Gasteiger partial charge in [-0.25, -0.2) is 14.6 Å². The quantitative estimate of drug-likeness (QED) is 0.544. The summed E-state index contributed by atoms with van der Waals surface area (Å²) in [6.45, 7) is 2.66. The highest BCUT2D eigenvalue weighted by Gasteiger charge is 2.25. The summed E-state index contributed by atoms with van der Waals surface area (Å²) in [5.74, 6) is 2.45. The average molecular weight is 392 g/mol. The van der Waals surface area contributed by atoms with Crippen LogP contribution in [0.4, 0.5) is 0 Å². The van der Waals surface area contributed by atoms with Gasteiger partial charge in [-0.1, -0.05) is 12.1 Å². The summed E-state index contributed by atoms with van der Waals surface area (Å²) in [4.78, 5) is 10.2. The smallest absolute Gasteiger partial charge is 0.236 e. The molecular weight excluding hydrogens is 370 g/mol. The third-order valence-electron chi connectivity index (χ3n) is 5.19. The van der Waals surface area contributed by atoms with Crippen molar-refractivity contribution in [1.29, 1.82) is 0 Å². The number of pyridine rings is 1. The molecule has 0 saturated heterocycles. The molecule has 0 spiro atoms. The Hall–Kier alpha value is -2.77. The van der Waals surface area contributed by atoms with E-state index in [2.05, 4.69) is 15.4 Å². The largest absolute Gasteiger partial charge is 0.440 e. The monoisotopic (exact) mass is 391 g/mol. The molecule has 4 aromatic heterocycles. The summed E-state index contributed by atoms with van der Waals surface area (Å²) < 4.78 is 7.84. The first-order chi connectivity index (χ1) is 13.8. The molecule has 1 atom stereocenters. The van der Waals surface area contributed by atoms with Gasteiger partial charge < -0.3 is 9.73 Å². The second kappa shape index (κ2) is 7.33. The van der Waals surface area contributed by atoms with Crippen LogP contribution < -0.4 is 5.32 Å². The zero-order chi connectivity index (χ0) is 18.9. The van der Waals surface area contributed by atoms with Crippen molar-refractivity contribution in [2.45, 2.75) is 38.8 Å². The Bertz CT molecular complexity index is 1070. The summed E-state index contributed by atoms with van der Waals surface area (Å²) in [5, 5.41) is 10.3. The third kappa shape index (κ3) is 3.16. The molecule has 5 rings (SSSR count). The van der Waals surface area contributed by atoms with Crippen LogP contribution >= 0.6 is 11.3 Å². The maximum absolute atomic E-state index is 5.86. The van der Waals surface area contributed by atoms with E-state index in [9.17, 15) is 0 Å². The molecule has 0 aliphatic heterocycles. The van der Waals surface area contributed by atoms with E-state index in [1.54, 1.807) is 17.5 Å². The lowest BCUT2D eigenvalue weighted by Gasteiger charge is -2.24. The van der Waals surface area contributed by atoms with Crippen LogP contribution in [-0.4, -0.2) is 19.7 Å². The molecule has 28 heavy (non-hydrogen) atoms. The van der Waals surface area contributed by atoms with E-state index in [0.29, 0.717) is 12.4 Å². The third-order valence-corrected chi connectivity index (χ3v) is 6.05. The Morgan fingerprint density at radius 2 is 2.25 bits per heavy atom. The number of oxazole rings is 1. The highest BCUT2D eigenvalue weighted by Crippen LogP contribution is 2.31. The summed E-state index contributed by atoms with van der Waals surface area (Å²) in [7, 11) is 0. The zero-order valence-electron chi connectivity index (χ0n) is 15.6. The minimum absolute atomic E-state index is 0.266. The lowest BCUT2D eigenvalue weighted by atomic mass is 9.93. The van der Waals surface area contributed by atoms with Crippen LogP contribution in [0.25, 0.3) is 16.6 Å². The van der Waals surface area contributed by atoms with Crippen molar-refractivity contribution in [3.8, 4) is 16.6 Å². The fraction of sp³-hybridized carbons (Fsp3) is 0.286. The fourth-order valence-electron chi connectivity index (χ4n) is 3.76. The highest BCUT2D eigenvalue weighted by molar-refractivity contribution is 7.13. The Kier molecular flexibility index (Phi) is 4.54. The number of hydrogen-bond acceptors (Lipinski definition) is 6. The zero-order valence-corrected chi connectivity index (χ0v) is 16.4. The number of rotatable bonds is 5. The van der Waals surface area contributed by atoms with Gasteiger partial charge >= 0.3 is 0 Å². The van der Waals surface area contributed by atoms with Gasteiger partial charge in [0.25, 0.3) is 0 Å². The SMILES string of the molecule is Cc1oc(-c2cccs2)nc1CN[C@H]1CCCc2c1cnn2-c1ccccn1. The minimum atomic E-state index is 0.266. The minimum Gasteiger partial charge on any atom is -0.440 e. The molecule has 0 amide bonds. The van der Waals surface area contributed by atoms with Crippen molar-refractivity contribution in [2.75, 3.05) is 0 Å². The number of thiophene rings is 1. The summed E-state index contributed by atoms with van der Waals surface area (Å²) in [6, 6.07) is 10.2. The van der Waals surface area contributed by atoms with Gasteiger partial charge in [-0.05, 0) is 49.8 Å². The van der Waals surface area contributed by atoms with Gasteiger partial charge in [0.1, 0.15) is 5.76 Å². The van der Waals surface area contributed by atoms with Gasteiger partial charge in [0.05, 0.1) is 22.5 Å². The first-order valence-electron chi connectivity index (χ1n) is 9.51. The van der Waals surface area contributed by atoms with Gasteiger partial charge in [0.15, 0.2) is 5.82 Å². The normalized spacial score (nSPS) is 16.2. The molecule has 0 radical (unpaired) electrons. The van der Waals surface area contributed by atoms with E-state index in [0.717, 1.165) is 41.4 Å². The Balaban J connectivity index is 1.35. The number of fused-ring (bicyclic) bond motifs is 1. The fourth-order valence-corrected chi connectivity index (χ4v) is 4.41. The van der Waals surface area contributed by atoms with Crippen LogP contribution in [0.15, 0.2) is 52.5 Å². The maximum atomic E-state index is 5.86. The van der Waals surface area contributed by atoms with Gasteiger partial charge in [-0.15, -0.1) is 11.3 Å². The van der Waals surface area contributed by atoms with Crippen LogP contribution in [0, 0.1) is 6.92 Å². The predicted molar refractivity (Wildman–Crippen MR) is 108 cm³/mol. The summed E-state index contributed by atoms with van der Waals surface area (Å²) in [5.41, 5.74) is 3.47. The predicted octanol–water partition coefficient (Wildman–Crippen LogP) is 4.46. The lowest BCUT2D eigenvalue weighted by Crippen LogP contribution is -2.25. The van der Waals surface area contributed by atoms with E-state index >= 15 is 0 Å². The molecule has 1 N–H and O–H groups in total. The van der Waals surface area contributed by atoms with Crippen LogP contribution in [0.2, 0.25) is 0 Å². The molecule has 0 unspecified atom stereocenters. The molecule has 7 heteroatoms. The molecule has 6 nitrogen and oxygen atoms in total. The molecule has 0 bridgehead atoms. The lowest BCUT2D eigenvalue weighted by molar-refractivity contribution is 0.449. The maximum Gasteiger partial charge on any atom is 0.236 e. The number of aryl methyl sites for hydroxylation is 1. The number of aromatic nitrogens is 4. The van der Waals surface area contributed by atoms with Crippen molar-refractivity contribution >= 4 is 11.3 Å². The first-order valence-corrected chi connectivity index (χ1v) is 10.4. The Morgan fingerprint density at radius 3 is 3.07 bits per heavy atom. The van der Waals surface area contributed by atoms with Gasteiger partial charge in [-0.3, -0.25) is 0 Å². The van der Waals surface area contributed by atoms with E-state index in [-0.39, 0.29) is 6.04 Å². The molecule has 0 aromatic carbocycles. The van der Waals surface area contributed by atoms with Crippen molar-refractivity contribution in [1.82, 2.24) is 25.1 Å². The van der Waals surface area contributed by atoms with Crippen LogP contribution in [0.5, 0.6) is 0 Å². The molecule has 4 heterocycles. The molecule has 0 fully saturated rings. The average Bonchev–Trinajstić information content (AvgIpc) is 3.47. The Morgan fingerprint density at radius 1 is 1.29 bits per heavy atom. The van der Waals surface area contributed by atoms with E-state index < -0.39 is 0 Å². The van der Waals surface area contributed by atoms with Crippen molar-refractivity contribution in [3.63, 3.8) is 0 Å². The molecule has 142 valence electrons. The molecule has 1 aliphatic carbocycles. The molecule has 1 aliphatic rings. The van der Waals surface area contributed by atoms with Crippen molar-refractivity contribution < 1.29 is 4.42 Å². The standard InChI is InChI=1S/C21H21N5OS/c1-14-17(25-21(27-14)19-8-5-11-28-19)13-23-16-6-4-7-18-15(16)12-24-26(18)20-9-2-3-10-22-20/h2-3,5,8-12,16,23H,4,6-7,13H2,1H3/t16-/m0/s1. The topological polar surface area (TPSA) is 68.8 Å². The van der Waals surface area contributed by atoms with Gasteiger partial charge in [0.2, 0.25) is 5.89 Å². The summed E-state index contributed by atoms with van der Waals surface area (Å²) >= 11 is 1.64. The van der Waals surface area contributed by atoms with Gasteiger partial charge in [0, 0.05) is 24.3 Å². The number of hydrogen-bond donors (Lipinski definition) is 1. The van der Waals surface area contributed by atoms with E-state index in [1.165, 1.54) is 11.3 Å². The van der Waals surface area contributed by atoms with Crippen LogP contribution in [0.1, 0.15) is 41.6 Å². The molecular formula is C21H21N5OS. The van der Waals surface area contributed by atoms with Crippen molar-refractivity contribution in [2.24, 2.45) is 0 Å². The van der Waals surface area contributed by atoms with Crippen molar-refractivity contribution in [3.05, 3.63) is 70.8 Å². The summed E-state index contributed by atoms with van der Waals surface area (Å²) in [6.07, 6.45) is 7.03. The molecule has 0 saturated carbocycles. The van der Waals surface area contributed by atoms with E-state index in [4.69, 9.17) is 9.40 Å². The van der Waals surface area contributed by atoms with Crippen LogP contribution in [0.3, 0.4) is 0 Å². The Labute approximate surface area is 167 Å². The van der Waals surface area contributed by atoms with Crippen LogP contribution in [-0.2, 0) is 13.0 Å². The highest BCUT2D eigenvalue weighted by atomic mass is 32.1. The number of nitrogens with zero attached hydrogens (tertiary/aromatic N) is 4. The molecule has 4 aromatic rings. The second-order valence-electron chi connectivity index (χ2n) is 6.97. The first kappa shape index (κ1) is 17.3. The number of nitrogens with one attached hydrogen (secondary N) is 1. The van der Waals surface area contributed by atoms with E-state index in [1.807, 2.05) is 53.5 Å².